The van der Waals surface area contributed by atoms with Crippen LogP contribution in [0.5, 0.6) is 5.75 Å². The Kier molecular flexibility index (Phi) is 5.01. The first-order valence-electron chi connectivity index (χ1n) is 7.34. The molecule has 0 heterocycles. The lowest BCUT2D eigenvalue weighted by Crippen LogP contribution is -2.37. The summed E-state index contributed by atoms with van der Waals surface area (Å²) in [5.41, 5.74) is 6.51. The predicted octanol–water partition coefficient (Wildman–Crippen LogP) is 2.18. The molecule has 1 amide bonds. The van der Waals surface area contributed by atoms with Crippen molar-refractivity contribution in [2.75, 3.05) is 6.54 Å². The van der Waals surface area contributed by atoms with Crippen LogP contribution in [0.4, 0.5) is 0 Å². The number of amides is 1. The van der Waals surface area contributed by atoms with Crippen molar-refractivity contribution < 1.29 is 9.53 Å². The summed E-state index contributed by atoms with van der Waals surface area (Å²) in [4.78, 5) is 10.9. The van der Waals surface area contributed by atoms with Gasteiger partial charge in [-0.05, 0) is 50.3 Å². The van der Waals surface area contributed by atoms with E-state index in [-0.39, 0.29) is 18.6 Å². The monoisotopic (exact) mass is 276 g/mol. The van der Waals surface area contributed by atoms with Crippen molar-refractivity contribution in [2.45, 2.75) is 51.2 Å². The molecule has 0 aromatic heterocycles. The number of nitrogens with one attached hydrogen (secondary N) is 1. The van der Waals surface area contributed by atoms with E-state index in [9.17, 15) is 4.79 Å². The van der Waals surface area contributed by atoms with E-state index in [2.05, 4.69) is 17.4 Å². The first kappa shape index (κ1) is 14.9. The van der Waals surface area contributed by atoms with Crippen LogP contribution in [-0.2, 0) is 4.79 Å². The second-order valence-corrected chi connectivity index (χ2v) is 5.73. The molecule has 1 aromatic rings. The van der Waals surface area contributed by atoms with Gasteiger partial charge in [-0.25, -0.2) is 0 Å². The molecule has 0 unspecified atom stereocenters. The highest BCUT2D eigenvalue weighted by Gasteiger charge is 2.28. The van der Waals surface area contributed by atoms with E-state index < -0.39 is 0 Å². The summed E-state index contributed by atoms with van der Waals surface area (Å²) in [5, 5.41) is 3.27. The average molecular weight is 276 g/mol. The van der Waals surface area contributed by atoms with Crippen LogP contribution in [0.15, 0.2) is 24.3 Å². The number of nitrogens with two attached hydrogens (primary N) is 1. The Hall–Kier alpha value is -1.55. The van der Waals surface area contributed by atoms with Crippen LogP contribution >= 0.6 is 0 Å². The smallest absolute Gasteiger partial charge is 0.231 e. The molecule has 20 heavy (non-hydrogen) atoms. The molecule has 0 radical (unpaired) electrons. The van der Waals surface area contributed by atoms with Crippen LogP contribution in [0, 0.1) is 0 Å². The van der Waals surface area contributed by atoms with Crippen LogP contribution < -0.4 is 15.8 Å². The molecule has 1 saturated carbocycles. The molecule has 1 aromatic carbocycles. The molecule has 4 nitrogen and oxygen atoms in total. The lowest BCUT2D eigenvalue weighted by atomic mass is 9.94. The van der Waals surface area contributed by atoms with E-state index in [0.717, 1.165) is 18.6 Å². The van der Waals surface area contributed by atoms with Crippen molar-refractivity contribution in [1.29, 1.82) is 0 Å². The summed E-state index contributed by atoms with van der Waals surface area (Å²) in [5.74, 6) is 1.07. The van der Waals surface area contributed by atoms with Crippen molar-refractivity contribution in [3.8, 4) is 5.75 Å². The SMILES string of the molecule is CC(C)Oc1ccc([C@@H]2CCC[C@@H]2NCC(N)=O)cc1. The highest BCUT2D eigenvalue weighted by Crippen LogP contribution is 2.35. The molecule has 0 bridgehead atoms. The number of benzene rings is 1. The fourth-order valence-corrected chi connectivity index (χ4v) is 2.90. The third-order valence-corrected chi connectivity index (χ3v) is 3.73. The summed E-state index contributed by atoms with van der Waals surface area (Å²) in [6.45, 7) is 4.30. The molecule has 1 aliphatic carbocycles. The molecule has 3 N–H and O–H groups in total. The minimum atomic E-state index is -0.295. The number of primary amides is 1. The lowest BCUT2D eigenvalue weighted by Gasteiger charge is -2.21. The van der Waals surface area contributed by atoms with Crippen molar-refractivity contribution in [3.05, 3.63) is 29.8 Å². The van der Waals surface area contributed by atoms with Gasteiger partial charge in [0.2, 0.25) is 5.91 Å². The van der Waals surface area contributed by atoms with Crippen LogP contribution in [-0.4, -0.2) is 24.6 Å². The zero-order valence-corrected chi connectivity index (χ0v) is 12.3. The lowest BCUT2D eigenvalue weighted by molar-refractivity contribution is -0.117. The second-order valence-electron chi connectivity index (χ2n) is 5.73. The first-order valence-corrected chi connectivity index (χ1v) is 7.34. The largest absolute Gasteiger partial charge is 0.491 e. The number of carbonyl (C=O) groups is 1. The van der Waals surface area contributed by atoms with E-state index in [1.165, 1.54) is 12.0 Å². The predicted molar refractivity (Wildman–Crippen MR) is 79.8 cm³/mol. The maximum atomic E-state index is 10.9. The van der Waals surface area contributed by atoms with Crippen LogP contribution in [0.3, 0.4) is 0 Å². The van der Waals surface area contributed by atoms with Gasteiger partial charge in [0, 0.05) is 6.04 Å². The minimum absolute atomic E-state index is 0.192. The molecule has 2 atom stereocenters. The fourth-order valence-electron chi connectivity index (χ4n) is 2.90. The minimum Gasteiger partial charge on any atom is -0.491 e. The third kappa shape index (κ3) is 3.97. The van der Waals surface area contributed by atoms with Gasteiger partial charge in [-0.2, -0.15) is 0 Å². The average Bonchev–Trinajstić information content (AvgIpc) is 2.85. The number of hydrogen-bond donors (Lipinski definition) is 2. The summed E-state index contributed by atoms with van der Waals surface area (Å²) in [7, 11) is 0. The van der Waals surface area contributed by atoms with E-state index >= 15 is 0 Å². The summed E-state index contributed by atoms with van der Waals surface area (Å²) < 4.78 is 5.66. The molecule has 1 aliphatic rings. The number of carbonyl (C=O) groups excluding carboxylic acids is 1. The van der Waals surface area contributed by atoms with Crippen molar-refractivity contribution in [1.82, 2.24) is 5.32 Å². The van der Waals surface area contributed by atoms with E-state index in [0.29, 0.717) is 12.0 Å². The van der Waals surface area contributed by atoms with Gasteiger partial charge in [-0.15, -0.1) is 0 Å². The maximum Gasteiger partial charge on any atom is 0.231 e. The highest BCUT2D eigenvalue weighted by molar-refractivity contribution is 5.75. The standard InChI is InChI=1S/C16H24N2O2/c1-11(2)20-13-8-6-12(7-9-13)14-4-3-5-15(14)18-10-16(17)19/h6-9,11,14-15,18H,3-5,10H2,1-2H3,(H2,17,19)/t14-,15-/m0/s1. The molecule has 1 fully saturated rings. The molecular formula is C16H24N2O2. The van der Waals surface area contributed by atoms with Gasteiger partial charge in [0.05, 0.1) is 12.6 Å². The van der Waals surface area contributed by atoms with E-state index in [1.807, 2.05) is 26.0 Å². The maximum absolute atomic E-state index is 10.9. The Balaban J connectivity index is 2.00. The molecule has 110 valence electrons. The molecular weight excluding hydrogens is 252 g/mol. The summed E-state index contributed by atoms with van der Waals surface area (Å²) in [6.07, 6.45) is 3.63. The van der Waals surface area contributed by atoms with E-state index in [4.69, 9.17) is 10.5 Å². The Morgan fingerprint density at radius 2 is 2.05 bits per heavy atom. The molecule has 0 aliphatic heterocycles. The zero-order valence-electron chi connectivity index (χ0n) is 12.3. The second kappa shape index (κ2) is 6.75. The Labute approximate surface area is 120 Å². The molecule has 4 heteroatoms. The topological polar surface area (TPSA) is 64.3 Å². The van der Waals surface area contributed by atoms with Crippen molar-refractivity contribution >= 4 is 5.91 Å². The van der Waals surface area contributed by atoms with Crippen molar-refractivity contribution in [2.24, 2.45) is 5.73 Å². The molecule has 0 saturated heterocycles. The number of ether oxygens (including phenoxy) is 1. The summed E-state index contributed by atoms with van der Waals surface area (Å²) >= 11 is 0. The van der Waals surface area contributed by atoms with Gasteiger partial charge >= 0.3 is 0 Å². The van der Waals surface area contributed by atoms with Gasteiger partial charge in [0.15, 0.2) is 0 Å². The van der Waals surface area contributed by atoms with Gasteiger partial charge < -0.3 is 15.8 Å². The van der Waals surface area contributed by atoms with Crippen molar-refractivity contribution in [3.63, 3.8) is 0 Å². The summed E-state index contributed by atoms with van der Waals surface area (Å²) in [6, 6.07) is 8.66. The van der Waals surface area contributed by atoms with Crippen LogP contribution in [0.25, 0.3) is 0 Å². The zero-order chi connectivity index (χ0) is 14.5. The number of rotatable bonds is 6. The normalized spacial score (nSPS) is 22.1. The number of hydrogen-bond acceptors (Lipinski definition) is 3. The van der Waals surface area contributed by atoms with Crippen LogP contribution in [0.1, 0.15) is 44.6 Å². The highest BCUT2D eigenvalue weighted by atomic mass is 16.5. The van der Waals surface area contributed by atoms with Crippen LogP contribution in [0.2, 0.25) is 0 Å². The quantitative estimate of drug-likeness (QED) is 0.837. The van der Waals surface area contributed by atoms with E-state index in [1.54, 1.807) is 0 Å². The van der Waals surface area contributed by atoms with Gasteiger partial charge in [-0.1, -0.05) is 18.6 Å². The van der Waals surface area contributed by atoms with Gasteiger partial charge in [0.25, 0.3) is 0 Å². The van der Waals surface area contributed by atoms with Gasteiger partial charge in [-0.3, -0.25) is 4.79 Å². The Bertz CT molecular complexity index is 442. The Morgan fingerprint density at radius 3 is 2.65 bits per heavy atom. The molecule has 2 rings (SSSR count). The van der Waals surface area contributed by atoms with Gasteiger partial charge in [0.1, 0.15) is 5.75 Å². The Morgan fingerprint density at radius 1 is 1.35 bits per heavy atom. The molecule has 0 spiro atoms. The third-order valence-electron chi connectivity index (χ3n) is 3.73. The first-order chi connectivity index (χ1) is 9.56. The fraction of sp³-hybridized carbons (Fsp3) is 0.562.